The minimum atomic E-state index is -0.276. The van der Waals surface area contributed by atoms with Gasteiger partial charge in [-0.2, -0.15) is 4.98 Å². The first kappa shape index (κ1) is 16.2. The summed E-state index contributed by atoms with van der Waals surface area (Å²) in [6, 6.07) is 8.26. The third-order valence-corrected chi connectivity index (χ3v) is 5.24. The summed E-state index contributed by atoms with van der Waals surface area (Å²) in [4.78, 5) is 15.1. The molecule has 0 radical (unpaired) electrons. The van der Waals surface area contributed by atoms with E-state index in [9.17, 15) is 4.79 Å². The zero-order chi connectivity index (χ0) is 17.2. The molecule has 1 atom stereocenters. The van der Waals surface area contributed by atoms with Crippen LogP contribution in [0.1, 0.15) is 49.1 Å². The lowest BCUT2D eigenvalue weighted by Gasteiger charge is -2.24. The molecule has 1 aromatic heterocycles. The summed E-state index contributed by atoms with van der Waals surface area (Å²) in [6.07, 6.45) is 8.28. The second kappa shape index (κ2) is 6.90. The van der Waals surface area contributed by atoms with Gasteiger partial charge in [-0.3, -0.25) is 9.36 Å². The summed E-state index contributed by atoms with van der Waals surface area (Å²) in [5, 5.41) is 0. The Bertz CT molecular complexity index is 809. The maximum Gasteiger partial charge on any atom is 0.300 e. The smallest absolute Gasteiger partial charge is 0.300 e. The number of hydrogen-bond donors (Lipinski definition) is 0. The van der Waals surface area contributed by atoms with E-state index in [2.05, 4.69) is 30.1 Å². The van der Waals surface area contributed by atoms with Crippen LogP contribution in [0.2, 0.25) is 0 Å². The summed E-state index contributed by atoms with van der Waals surface area (Å²) >= 11 is 0. The van der Waals surface area contributed by atoms with E-state index < -0.39 is 0 Å². The van der Waals surface area contributed by atoms with Gasteiger partial charge in [0, 0.05) is 12.3 Å². The molecule has 2 aliphatic rings. The van der Waals surface area contributed by atoms with Crippen LogP contribution in [0.15, 0.2) is 35.3 Å². The fraction of sp³-hybridized carbons (Fsp3) is 0.500. The Balaban J connectivity index is 1.37. The quantitative estimate of drug-likeness (QED) is 0.855. The first-order valence-electron chi connectivity index (χ1n) is 9.16. The molecule has 25 heavy (non-hydrogen) atoms. The normalized spacial score (nSPS) is 20.1. The van der Waals surface area contributed by atoms with E-state index in [-0.39, 0.29) is 11.7 Å². The Morgan fingerprint density at radius 3 is 2.88 bits per heavy atom. The predicted molar refractivity (Wildman–Crippen MR) is 95.4 cm³/mol. The maximum absolute atomic E-state index is 11.3. The van der Waals surface area contributed by atoms with E-state index in [0.717, 1.165) is 5.75 Å². The molecule has 0 spiro atoms. The van der Waals surface area contributed by atoms with Crippen molar-refractivity contribution < 1.29 is 9.47 Å². The van der Waals surface area contributed by atoms with Crippen LogP contribution in [0, 0.1) is 6.92 Å². The maximum atomic E-state index is 11.3. The molecule has 1 unspecified atom stereocenters. The van der Waals surface area contributed by atoms with E-state index in [1.54, 1.807) is 6.20 Å². The lowest BCUT2D eigenvalue weighted by atomic mass is 9.82. The molecule has 1 aromatic carbocycles. The van der Waals surface area contributed by atoms with Gasteiger partial charge in [0.2, 0.25) is 0 Å². The Kier molecular flexibility index (Phi) is 4.47. The van der Waals surface area contributed by atoms with E-state index in [1.165, 1.54) is 49.3 Å². The van der Waals surface area contributed by atoms with Crippen molar-refractivity contribution in [3.8, 4) is 11.8 Å². The Labute approximate surface area is 147 Å². The summed E-state index contributed by atoms with van der Waals surface area (Å²) in [6.45, 7) is 3.27. The van der Waals surface area contributed by atoms with Crippen LogP contribution in [0.5, 0.6) is 11.8 Å². The fourth-order valence-corrected chi connectivity index (χ4v) is 3.94. The number of nitrogens with zero attached hydrogens (tertiary/aromatic N) is 2. The SMILES string of the molecule is Cc1cc(OCC2Cn3ccc(=O)nc3O2)ccc1C1CCCCC1. The minimum Gasteiger partial charge on any atom is -0.490 e. The molecule has 0 N–H and O–H groups in total. The van der Waals surface area contributed by atoms with Crippen molar-refractivity contribution in [2.45, 2.75) is 57.6 Å². The summed E-state index contributed by atoms with van der Waals surface area (Å²) in [5.41, 5.74) is 2.51. The highest BCUT2D eigenvalue weighted by Crippen LogP contribution is 2.35. The highest BCUT2D eigenvalue weighted by molar-refractivity contribution is 5.37. The number of aryl methyl sites for hydroxylation is 1. The number of hydrogen-bond acceptors (Lipinski definition) is 4. The minimum absolute atomic E-state index is 0.118. The lowest BCUT2D eigenvalue weighted by molar-refractivity contribution is 0.143. The number of aromatic nitrogens is 2. The highest BCUT2D eigenvalue weighted by atomic mass is 16.6. The second-order valence-electron chi connectivity index (χ2n) is 7.10. The van der Waals surface area contributed by atoms with Gasteiger partial charge in [0.15, 0.2) is 6.10 Å². The van der Waals surface area contributed by atoms with Crippen molar-refractivity contribution in [2.24, 2.45) is 0 Å². The number of rotatable bonds is 4. The van der Waals surface area contributed by atoms with Gasteiger partial charge >= 0.3 is 0 Å². The zero-order valence-corrected chi connectivity index (χ0v) is 14.6. The van der Waals surface area contributed by atoms with Gasteiger partial charge in [-0.25, -0.2) is 0 Å². The molecule has 0 bridgehead atoms. The van der Waals surface area contributed by atoms with Gasteiger partial charge in [0.25, 0.3) is 11.6 Å². The van der Waals surface area contributed by atoms with Crippen molar-refractivity contribution >= 4 is 0 Å². The van der Waals surface area contributed by atoms with Crippen LogP contribution in [0.25, 0.3) is 0 Å². The fourth-order valence-electron chi connectivity index (χ4n) is 3.94. The Morgan fingerprint density at radius 2 is 2.08 bits per heavy atom. The first-order valence-corrected chi connectivity index (χ1v) is 9.16. The first-order chi connectivity index (χ1) is 12.2. The van der Waals surface area contributed by atoms with E-state index in [0.29, 0.717) is 25.1 Å². The largest absolute Gasteiger partial charge is 0.490 e. The summed E-state index contributed by atoms with van der Waals surface area (Å²) in [7, 11) is 0. The van der Waals surface area contributed by atoms with Gasteiger partial charge in [-0.15, -0.1) is 0 Å². The second-order valence-corrected chi connectivity index (χ2v) is 7.10. The van der Waals surface area contributed by atoms with Crippen molar-refractivity contribution in [1.29, 1.82) is 0 Å². The molecule has 1 fully saturated rings. The molecule has 1 aliphatic heterocycles. The molecular weight excluding hydrogens is 316 g/mol. The van der Waals surface area contributed by atoms with Crippen LogP contribution in [0.4, 0.5) is 0 Å². The zero-order valence-electron chi connectivity index (χ0n) is 14.6. The van der Waals surface area contributed by atoms with E-state index in [4.69, 9.17) is 9.47 Å². The molecule has 2 aromatic rings. The van der Waals surface area contributed by atoms with Gasteiger partial charge in [-0.05, 0) is 48.9 Å². The van der Waals surface area contributed by atoms with Gasteiger partial charge in [0.1, 0.15) is 12.4 Å². The van der Waals surface area contributed by atoms with Crippen LogP contribution in [-0.4, -0.2) is 22.3 Å². The lowest BCUT2D eigenvalue weighted by Crippen LogP contribution is -2.23. The Hall–Kier alpha value is -2.30. The van der Waals surface area contributed by atoms with Crippen molar-refractivity contribution in [1.82, 2.24) is 9.55 Å². The summed E-state index contributed by atoms with van der Waals surface area (Å²) < 4.78 is 13.5. The molecular formula is C20H24N2O3. The molecule has 2 heterocycles. The van der Waals surface area contributed by atoms with Crippen molar-refractivity contribution in [2.75, 3.05) is 6.61 Å². The standard InChI is InChI=1S/C20H24N2O3/c1-14-11-16(7-8-18(14)15-5-3-2-4-6-15)24-13-17-12-22-10-9-19(23)21-20(22)25-17/h7-11,15,17H,2-6,12-13H2,1H3. The molecule has 4 rings (SSSR count). The molecule has 5 nitrogen and oxygen atoms in total. The average molecular weight is 340 g/mol. The molecule has 132 valence electrons. The third-order valence-electron chi connectivity index (χ3n) is 5.24. The van der Waals surface area contributed by atoms with E-state index >= 15 is 0 Å². The van der Waals surface area contributed by atoms with Gasteiger partial charge in [-0.1, -0.05) is 25.3 Å². The molecule has 0 saturated heterocycles. The van der Waals surface area contributed by atoms with Crippen LogP contribution in [-0.2, 0) is 6.54 Å². The van der Waals surface area contributed by atoms with Crippen molar-refractivity contribution in [3.63, 3.8) is 0 Å². The number of fused-ring (bicyclic) bond motifs is 1. The van der Waals surface area contributed by atoms with Crippen LogP contribution >= 0.6 is 0 Å². The predicted octanol–water partition coefficient (Wildman–Crippen LogP) is 3.44. The average Bonchev–Trinajstić information content (AvgIpc) is 3.03. The molecule has 0 amide bonds. The number of benzene rings is 1. The van der Waals surface area contributed by atoms with E-state index in [1.807, 2.05) is 4.57 Å². The molecule has 1 aliphatic carbocycles. The molecule has 1 saturated carbocycles. The number of ether oxygens (including phenoxy) is 2. The Morgan fingerprint density at radius 1 is 1.24 bits per heavy atom. The van der Waals surface area contributed by atoms with Crippen molar-refractivity contribution in [3.05, 3.63) is 51.9 Å². The van der Waals surface area contributed by atoms with Crippen LogP contribution in [0.3, 0.4) is 0 Å². The summed E-state index contributed by atoms with van der Waals surface area (Å²) in [5.74, 6) is 1.58. The van der Waals surface area contributed by atoms with Crippen LogP contribution < -0.4 is 15.0 Å². The topological polar surface area (TPSA) is 53.4 Å². The van der Waals surface area contributed by atoms with Gasteiger partial charge in [0.05, 0.1) is 6.54 Å². The van der Waals surface area contributed by atoms with Gasteiger partial charge < -0.3 is 9.47 Å². The highest BCUT2D eigenvalue weighted by Gasteiger charge is 2.24. The third kappa shape index (κ3) is 3.55. The monoisotopic (exact) mass is 340 g/mol. The molecule has 5 heteroatoms.